The van der Waals surface area contributed by atoms with Crippen LogP contribution in [-0.4, -0.2) is 44.3 Å². The Balaban J connectivity index is 1.35. The molecule has 0 saturated carbocycles. The molecule has 5 N–H and O–H groups in total. The average Bonchev–Trinajstić information content (AvgIpc) is 3.53. The summed E-state index contributed by atoms with van der Waals surface area (Å²) in [4.78, 5) is 19.8. The van der Waals surface area contributed by atoms with Crippen LogP contribution in [0, 0.1) is 0 Å². The number of carbonyl (C=O) groups excluding carboxylic acids is 1. The van der Waals surface area contributed by atoms with Gasteiger partial charge in [-0.2, -0.15) is 10.2 Å². The summed E-state index contributed by atoms with van der Waals surface area (Å²) in [5.41, 5.74) is 8.79. The molecule has 0 radical (unpaired) electrons. The van der Waals surface area contributed by atoms with Crippen molar-refractivity contribution in [2.24, 2.45) is 10.1 Å². The number of anilines is 1. The molecule has 1 amide bonds. The fourth-order valence-corrected chi connectivity index (χ4v) is 3.87. The van der Waals surface area contributed by atoms with Crippen LogP contribution in [0.15, 0.2) is 65.0 Å². The van der Waals surface area contributed by atoms with E-state index in [0.717, 1.165) is 34.2 Å². The number of hydrogen-bond donors (Lipinski definition) is 5. The van der Waals surface area contributed by atoms with Gasteiger partial charge in [0.25, 0.3) is 5.91 Å². The lowest BCUT2D eigenvalue weighted by molar-refractivity contribution is 0.102. The van der Waals surface area contributed by atoms with Crippen molar-refractivity contribution in [1.29, 1.82) is 0 Å². The SMILES string of the molecule is CC1=NNC(N=Cc2c(O)[nH]c3ccc(Cc4cccc(NC(=O)c5cn[nH]c5)c4)cc23)C1. The highest BCUT2D eigenvalue weighted by atomic mass is 16.3. The van der Waals surface area contributed by atoms with E-state index in [2.05, 4.69) is 36.0 Å². The Labute approximate surface area is 189 Å². The van der Waals surface area contributed by atoms with Crippen molar-refractivity contribution in [3.8, 4) is 5.88 Å². The molecule has 2 aromatic heterocycles. The Hall–Kier alpha value is -4.40. The summed E-state index contributed by atoms with van der Waals surface area (Å²) in [5, 5.41) is 24.8. The summed E-state index contributed by atoms with van der Waals surface area (Å²) in [6.07, 6.45) is 6.04. The third-order valence-electron chi connectivity index (χ3n) is 5.51. The summed E-state index contributed by atoms with van der Waals surface area (Å²) in [5.74, 6) is -0.128. The average molecular weight is 441 g/mol. The van der Waals surface area contributed by atoms with Crippen LogP contribution < -0.4 is 10.7 Å². The molecule has 1 atom stereocenters. The first-order valence-corrected chi connectivity index (χ1v) is 10.6. The van der Waals surface area contributed by atoms with Gasteiger partial charge >= 0.3 is 0 Å². The lowest BCUT2D eigenvalue weighted by Crippen LogP contribution is -2.16. The molecule has 0 spiro atoms. The van der Waals surface area contributed by atoms with E-state index >= 15 is 0 Å². The van der Waals surface area contributed by atoms with E-state index in [-0.39, 0.29) is 18.0 Å². The smallest absolute Gasteiger partial charge is 0.258 e. The molecular weight excluding hydrogens is 418 g/mol. The second kappa shape index (κ2) is 8.62. The molecule has 166 valence electrons. The Kier molecular flexibility index (Phi) is 5.35. The van der Waals surface area contributed by atoms with Crippen LogP contribution in [0.2, 0.25) is 0 Å². The summed E-state index contributed by atoms with van der Waals surface area (Å²) in [7, 11) is 0. The monoisotopic (exact) mass is 441 g/mol. The molecule has 9 nitrogen and oxygen atoms in total. The highest BCUT2D eigenvalue weighted by Crippen LogP contribution is 2.28. The summed E-state index contributed by atoms with van der Waals surface area (Å²) in [6, 6.07) is 13.8. The van der Waals surface area contributed by atoms with Crippen LogP contribution in [-0.2, 0) is 6.42 Å². The number of hydrazone groups is 1. The first kappa shape index (κ1) is 20.5. The van der Waals surface area contributed by atoms with E-state index in [4.69, 9.17) is 0 Å². The van der Waals surface area contributed by atoms with E-state index < -0.39 is 0 Å². The number of aromatic hydroxyl groups is 1. The predicted octanol–water partition coefficient (Wildman–Crippen LogP) is 3.55. The lowest BCUT2D eigenvalue weighted by atomic mass is 10.0. The van der Waals surface area contributed by atoms with Gasteiger partial charge in [-0.25, -0.2) is 0 Å². The highest BCUT2D eigenvalue weighted by Gasteiger charge is 2.15. The van der Waals surface area contributed by atoms with Crippen molar-refractivity contribution in [1.82, 2.24) is 20.6 Å². The second-order valence-corrected chi connectivity index (χ2v) is 8.06. The van der Waals surface area contributed by atoms with Gasteiger partial charge in [-0.15, -0.1) is 0 Å². The maximum Gasteiger partial charge on any atom is 0.258 e. The van der Waals surface area contributed by atoms with E-state index in [1.807, 2.05) is 49.4 Å². The Morgan fingerprint density at radius 3 is 2.94 bits per heavy atom. The number of nitrogens with zero attached hydrogens (tertiary/aromatic N) is 3. The second-order valence-electron chi connectivity index (χ2n) is 8.06. The van der Waals surface area contributed by atoms with Crippen LogP contribution in [0.5, 0.6) is 5.88 Å². The number of fused-ring (bicyclic) bond motifs is 1. The molecule has 3 heterocycles. The maximum absolute atomic E-state index is 12.3. The van der Waals surface area contributed by atoms with Crippen LogP contribution >= 0.6 is 0 Å². The Morgan fingerprint density at radius 2 is 2.15 bits per heavy atom. The topological polar surface area (TPSA) is 131 Å². The molecule has 0 saturated heterocycles. The zero-order chi connectivity index (χ0) is 22.8. The van der Waals surface area contributed by atoms with Gasteiger partial charge in [0.2, 0.25) is 0 Å². The molecule has 9 heteroatoms. The number of aliphatic imine (C=N–C) groups is 1. The third kappa shape index (κ3) is 4.47. The van der Waals surface area contributed by atoms with E-state index in [1.54, 1.807) is 12.4 Å². The minimum absolute atomic E-state index is 0.0884. The number of rotatable bonds is 6. The molecule has 0 fully saturated rings. The molecule has 1 aliphatic heterocycles. The van der Waals surface area contributed by atoms with Gasteiger partial charge in [0.1, 0.15) is 6.17 Å². The van der Waals surface area contributed by atoms with Crippen molar-refractivity contribution in [3.63, 3.8) is 0 Å². The molecule has 5 rings (SSSR count). The first-order valence-electron chi connectivity index (χ1n) is 10.6. The number of benzene rings is 2. The van der Waals surface area contributed by atoms with Crippen LogP contribution in [0.25, 0.3) is 10.9 Å². The minimum Gasteiger partial charge on any atom is -0.494 e. The largest absolute Gasteiger partial charge is 0.494 e. The fraction of sp³-hybridized carbons (Fsp3) is 0.167. The van der Waals surface area contributed by atoms with Gasteiger partial charge in [-0.3, -0.25) is 20.3 Å². The molecule has 0 aliphatic carbocycles. The van der Waals surface area contributed by atoms with Gasteiger partial charge < -0.3 is 15.4 Å². The first-order chi connectivity index (χ1) is 16.0. The molecule has 2 aromatic carbocycles. The third-order valence-corrected chi connectivity index (χ3v) is 5.51. The molecule has 1 aliphatic rings. The van der Waals surface area contributed by atoms with Crippen molar-refractivity contribution < 1.29 is 9.90 Å². The van der Waals surface area contributed by atoms with E-state index in [0.29, 0.717) is 23.2 Å². The molecule has 33 heavy (non-hydrogen) atoms. The van der Waals surface area contributed by atoms with Gasteiger partial charge in [-0.1, -0.05) is 18.2 Å². The predicted molar refractivity (Wildman–Crippen MR) is 128 cm³/mol. The van der Waals surface area contributed by atoms with Crippen molar-refractivity contribution in [2.45, 2.75) is 25.9 Å². The van der Waals surface area contributed by atoms with Crippen molar-refractivity contribution in [2.75, 3.05) is 5.32 Å². The zero-order valence-electron chi connectivity index (χ0n) is 18.0. The van der Waals surface area contributed by atoms with Gasteiger partial charge in [0.15, 0.2) is 5.88 Å². The van der Waals surface area contributed by atoms with Crippen molar-refractivity contribution in [3.05, 3.63) is 77.1 Å². The normalized spacial score (nSPS) is 15.7. The number of carbonyl (C=O) groups is 1. The van der Waals surface area contributed by atoms with Crippen molar-refractivity contribution >= 4 is 34.4 Å². The Morgan fingerprint density at radius 1 is 1.27 bits per heavy atom. The maximum atomic E-state index is 12.3. The number of aromatic amines is 2. The number of H-pyrrole nitrogens is 2. The summed E-state index contributed by atoms with van der Waals surface area (Å²) in [6.45, 7) is 1.95. The van der Waals surface area contributed by atoms with E-state index in [1.165, 1.54) is 6.20 Å². The number of hydrogen-bond acceptors (Lipinski definition) is 6. The van der Waals surface area contributed by atoms with Gasteiger partial charge in [-0.05, 0) is 48.7 Å². The quantitative estimate of drug-likeness (QED) is 0.293. The lowest BCUT2D eigenvalue weighted by Gasteiger charge is -2.07. The summed E-state index contributed by atoms with van der Waals surface area (Å²) >= 11 is 0. The zero-order valence-corrected chi connectivity index (χ0v) is 18.0. The minimum atomic E-state index is -0.216. The molecule has 1 unspecified atom stereocenters. The fourth-order valence-electron chi connectivity index (χ4n) is 3.87. The number of amides is 1. The molecule has 4 aromatic rings. The van der Waals surface area contributed by atoms with Crippen LogP contribution in [0.4, 0.5) is 5.69 Å². The molecular formula is C24H23N7O2. The highest BCUT2D eigenvalue weighted by molar-refractivity contribution is 6.04. The van der Waals surface area contributed by atoms with E-state index in [9.17, 15) is 9.90 Å². The van der Waals surface area contributed by atoms with Crippen LogP contribution in [0.1, 0.15) is 40.4 Å². The Bertz CT molecular complexity index is 1370. The summed E-state index contributed by atoms with van der Waals surface area (Å²) < 4.78 is 0. The number of aromatic nitrogens is 3. The van der Waals surface area contributed by atoms with Gasteiger partial charge in [0, 0.05) is 41.1 Å². The standard InChI is InChI=1S/C24H23N7O2/c1-14-7-22(31-30-14)25-13-20-19-10-16(5-6-21(19)29-24(20)33)8-15-3-2-4-18(9-15)28-23(32)17-11-26-27-12-17/h2-6,9-13,22,29,31,33H,7-8H2,1H3,(H,26,27)(H,28,32). The van der Waals surface area contributed by atoms with Crippen LogP contribution in [0.3, 0.4) is 0 Å². The van der Waals surface area contributed by atoms with Gasteiger partial charge in [0.05, 0.1) is 17.3 Å². The molecule has 0 bridgehead atoms. The number of nitrogens with one attached hydrogen (secondary N) is 4.